The molecule has 0 unspecified atom stereocenters. The highest BCUT2D eigenvalue weighted by Gasteiger charge is 2.06. The number of pyridine rings is 1. The Labute approximate surface area is 165 Å². The van der Waals surface area contributed by atoms with Crippen LogP contribution in [0.1, 0.15) is 16.3 Å². The number of aryl methyl sites for hydroxylation is 1. The molecular weight excluding hydrogens is 374 g/mol. The van der Waals surface area contributed by atoms with Crippen molar-refractivity contribution in [3.8, 4) is 5.75 Å². The molecule has 8 heteroatoms. The number of benzene rings is 1. The molecule has 3 heterocycles. The Bertz CT molecular complexity index is 1130. The van der Waals surface area contributed by atoms with Crippen LogP contribution in [0.25, 0.3) is 11.7 Å². The summed E-state index contributed by atoms with van der Waals surface area (Å²) in [5, 5.41) is 13.7. The number of fused-ring (bicyclic) bond motifs is 1. The van der Waals surface area contributed by atoms with Crippen LogP contribution in [0.4, 0.5) is 5.95 Å². The van der Waals surface area contributed by atoms with Gasteiger partial charge in [-0.15, -0.1) is 21.5 Å². The minimum Gasteiger partial charge on any atom is -0.487 e. The van der Waals surface area contributed by atoms with Gasteiger partial charge >= 0.3 is 0 Å². The zero-order valence-electron chi connectivity index (χ0n) is 15.1. The molecule has 4 aromatic rings. The molecule has 1 aromatic carbocycles. The number of thiazole rings is 1. The largest absolute Gasteiger partial charge is 0.487 e. The maximum atomic E-state index is 12.1. The Morgan fingerprint density at radius 2 is 2.07 bits per heavy atom. The lowest BCUT2D eigenvalue weighted by atomic mass is 10.2. The van der Waals surface area contributed by atoms with Crippen molar-refractivity contribution >= 4 is 34.9 Å². The van der Waals surface area contributed by atoms with Crippen LogP contribution in [-0.2, 0) is 11.4 Å². The van der Waals surface area contributed by atoms with Crippen LogP contribution in [0.5, 0.6) is 5.75 Å². The number of anilines is 1. The second-order valence-corrected chi connectivity index (χ2v) is 7.05. The SMILES string of the molecule is Cc1nc(COc2ccc(/C=C/C(=O)Nc3nnc4ccccn34)cc2)cs1. The molecule has 0 aliphatic carbocycles. The van der Waals surface area contributed by atoms with E-state index in [0.717, 1.165) is 22.0 Å². The Hall–Kier alpha value is -3.52. The summed E-state index contributed by atoms with van der Waals surface area (Å²) in [5.41, 5.74) is 2.48. The molecule has 0 saturated carbocycles. The average molecular weight is 391 g/mol. The van der Waals surface area contributed by atoms with Gasteiger partial charge in [-0.05, 0) is 42.8 Å². The lowest BCUT2D eigenvalue weighted by Gasteiger charge is -2.04. The van der Waals surface area contributed by atoms with Gasteiger partial charge in [0.05, 0.1) is 10.7 Å². The summed E-state index contributed by atoms with van der Waals surface area (Å²) in [7, 11) is 0. The molecule has 1 N–H and O–H groups in total. The van der Waals surface area contributed by atoms with E-state index in [4.69, 9.17) is 4.74 Å². The second kappa shape index (κ2) is 8.01. The van der Waals surface area contributed by atoms with Gasteiger partial charge in [0, 0.05) is 17.7 Å². The third-order valence-electron chi connectivity index (χ3n) is 3.91. The summed E-state index contributed by atoms with van der Waals surface area (Å²) in [4.78, 5) is 16.5. The van der Waals surface area contributed by atoms with Crippen molar-refractivity contribution in [2.24, 2.45) is 0 Å². The molecule has 0 aliphatic rings. The van der Waals surface area contributed by atoms with Crippen LogP contribution in [0.15, 0.2) is 60.1 Å². The topological polar surface area (TPSA) is 81.4 Å². The first-order chi connectivity index (χ1) is 13.7. The first-order valence-corrected chi connectivity index (χ1v) is 9.48. The molecule has 0 radical (unpaired) electrons. The van der Waals surface area contributed by atoms with Gasteiger partial charge < -0.3 is 4.74 Å². The quantitative estimate of drug-likeness (QED) is 0.507. The lowest BCUT2D eigenvalue weighted by Crippen LogP contribution is -2.10. The molecule has 4 rings (SSSR count). The number of carbonyl (C=O) groups is 1. The Morgan fingerprint density at radius 1 is 1.21 bits per heavy atom. The van der Waals surface area contributed by atoms with E-state index < -0.39 is 0 Å². The summed E-state index contributed by atoms with van der Waals surface area (Å²) in [6.07, 6.45) is 4.98. The number of hydrogen-bond acceptors (Lipinski definition) is 6. The van der Waals surface area contributed by atoms with E-state index in [-0.39, 0.29) is 5.91 Å². The van der Waals surface area contributed by atoms with Gasteiger partial charge in [-0.25, -0.2) is 4.98 Å². The summed E-state index contributed by atoms with van der Waals surface area (Å²) >= 11 is 1.60. The van der Waals surface area contributed by atoms with Crippen LogP contribution < -0.4 is 10.1 Å². The van der Waals surface area contributed by atoms with Crippen molar-refractivity contribution < 1.29 is 9.53 Å². The summed E-state index contributed by atoms with van der Waals surface area (Å²) < 4.78 is 7.43. The number of aromatic nitrogens is 4. The molecule has 0 aliphatic heterocycles. The van der Waals surface area contributed by atoms with E-state index in [1.54, 1.807) is 28.0 Å². The predicted octanol–water partition coefficient (Wildman–Crippen LogP) is 3.73. The van der Waals surface area contributed by atoms with Crippen LogP contribution in [0.3, 0.4) is 0 Å². The third kappa shape index (κ3) is 4.24. The fourth-order valence-corrected chi connectivity index (χ4v) is 3.15. The fraction of sp³-hybridized carbons (Fsp3) is 0.100. The lowest BCUT2D eigenvalue weighted by molar-refractivity contribution is -0.111. The number of nitrogens with one attached hydrogen (secondary N) is 1. The summed E-state index contributed by atoms with van der Waals surface area (Å²) in [6, 6.07) is 13.0. The molecular formula is C20H17N5O2S. The van der Waals surface area contributed by atoms with Crippen molar-refractivity contribution in [3.63, 3.8) is 0 Å². The highest BCUT2D eigenvalue weighted by molar-refractivity contribution is 7.09. The number of carbonyl (C=O) groups excluding carboxylic acids is 1. The molecule has 0 bridgehead atoms. The van der Waals surface area contributed by atoms with E-state index in [2.05, 4.69) is 20.5 Å². The van der Waals surface area contributed by atoms with Crippen molar-refractivity contribution in [3.05, 3.63) is 76.4 Å². The van der Waals surface area contributed by atoms with Crippen molar-refractivity contribution in [2.45, 2.75) is 13.5 Å². The Morgan fingerprint density at radius 3 is 2.86 bits per heavy atom. The molecule has 0 atom stereocenters. The molecule has 0 spiro atoms. The molecule has 0 saturated heterocycles. The standard InChI is InChI=1S/C20H17N5O2S/c1-14-21-16(13-28-14)12-27-17-8-5-15(6-9-17)7-10-19(26)22-20-24-23-18-4-2-3-11-25(18)20/h2-11,13H,12H2,1H3,(H,22,24,26)/b10-7+. The highest BCUT2D eigenvalue weighted by Crippen LogP contribution is 2.16. The molecule has 3 aromatic heterocycles. The van der Waals surface area contributed by atoms with Gasteiger partial charge in [0.2, 0.25) is 5.95 Å². The van der Waals surface area contributed by atoms with Crippen molar-refractivity contribution in [1.29, 1.82) is 0 Å². The number of rotatable bonds is 6. The number of hydrogen-bond donors (Lipinski definition) is 1. The first kappa shape index (κ1) is 17.9. The second-order valence-electron chi connectivity index (χ2n) is 5.99. The van der Waals surface area contributed by atoms with Crippen LogP contribution in [0, 0.1) is 6.92 Å². The minimum absolute atomic E-state index is 0.280. The number of nitrogens with zero attached hydrogens (tertiary/aromatic N) is 4. The van der Waals surface area contributed by atoms with Crippen LogP contribution >= 0.6 is 11.3 Å². The van der Waals surface area contributed by atoms with E-state index in [1.807, 2.05) is 54.8 Å². The van der Waals surface area contributed by atoms with E-state index in [9.17, 15) is 4.79 Å². The van der Waals surface area contributed by atoms with E-state index >= 15 is 0 Å². The molecule has 140 valence electrons. The van der Waals surface area contributed by atoms with Gasteiger partial charge in [-0.1, -0.05) is 18.2 Å². The Balaban J connectivity index is 1.34. The monoisotopic (exact) mass is 391 g/mol. The third-order valence-corrected chi connectivity index (χ3v) is 4.73. The van der Waals surface area contributed by atoms with Crippen LogP contribution in [0.2, 0.25) is 0 Å². The zero-order chi connectivity index (χ0) is 19.3. The van der Waals surface area contributed by atoms with Gasteiger partial charge in [-0.2, -0.15) is 0 Å². The van der Waals surface area contributed by atoms with Crippen molar-refractivity contribution in [1.82, 2.24) is 19.6 Å². The first-order valence-electron chi connectivity index (χ1n) is 8.60. The van der Waals surface area contributed by atoms with E-state index in [0.29, 0.717) is 18.2 Å². The maximum absolute atomic E-state index is 12.1. The Kier molecular flexibility index (Phi) is 5.11. The van der Waals surface area contributed by atoms with Gasteiger partial charge in [-0.3, -0.25) is 14.5 Å². The van der Waals surface area contributed by atoms with Crippen LogP contribution in [-0.4, -0.2) is 25.5 Å². The summed E-state index contributed by atoms with van der Waals surface area (Å²) in [5.74, 6) is 0.853. The minimum atomic E-state index is -0.280. The molecule has 1 amide bonds. The maximum Gasteiger partial charge on any atom is 0.250 e. The number of amides is 1. The highest BCUT2D eigenvalue weighted by atomic mass is 32.1. The van der Waals surface area contributed by atoms with Crippen molar-refractivity contribution in [2.75, 3.05) is 5.32 Å². The molecule has 28 heavy (non-hydrogen) atoms. The smallest absolute Gasteiger partial charge is 0.250 e. The average Bonchev–Trinajstić information content (AvgIpc) is 3.32. The van der Waals surface area contributed by atoms with Gasteiger partial charge in [0.15, 0.2) is 5.65 Å². The number of ether oxygens (including phenoxy) is 1. The molecule has 7 nitrogen and oxygen atoms in total. The molecule has 0 fully saturated rings. The normalized spacial score (nSPS) is 11.2. The fourth-order valence-electron chi connectivity index (χ4n) is 2.56. The van der Waals surface area contributed by atoms with Gasteiger partial charge in [0.25, 0.3) is 5.91 Å². The zero-order valence-corrected chi connectivity index (χ0v) is 15.9. The van der Waals surface area contributed by atoms with Gasteiger partial charge in [0.1, 0.15) is 12.4 Å². The summed E-state index contributed by atoms with van der Waals surface area (Å²) in [6.45, 7) is 2.41. The predicted molar refractivity (Wildman–Crippen MR) is 108 cm³/mol. The van der Waals surface area contributed by atoms with E-state index in [1.165, 1.54) is 6.08 Å².